The molecule has 1 fully saturated rings. The number of hydrogen-bond donors (Lipinski definition) is 0. The standard InChI is InChI=1S/C19H26N6O/c1-22(2)17-12-24(13-18(17)25-9-8-20-21-25)11-14-4-6-16-15(10-14)5-7-19(26)23(16)3/h4,6,8-10,17-18H,5,7,11-13H2,1-3H3/t17-,18+/m1/s1. The van der Waals surface area contributed by atoms with Crippen LogP contribution in [0.25, 0.3) is 0 Å². The molecule has 2 atom stereocenters. The van der Waals surface area contributed by atoms with Gasteiger partial charge in [0.25, 0.3) is 0 Å². The first kappa shape index (κ1) is 17.2. The van der Waals surface area contributed by atoms with Crippen LogP contribution in [0.4, 0.5) is 5.69 Å². The van der Waals surface area contributed by atoms with Crippen LogP contribution in [-0.4, -0.2) is 71.0 Å². The van der Waals surface area contributed by atoms with E-state index in [0.717, 1.165) is 31.7 Å². The Kier molecular flexibility index (Phi) is 4.50. The maximum absolute atomic E-state index is 11.9. The number of likely N-dealkylation sites (N-methyl/N-ethyl adjacent to an activating group) is 1. The Balaban J connectivity index is 1.50. The van der Waals surface area contributed by atoms with E-state index in [1.165, 1.54) is 11.1 Å². The number of carbonyl (C=O) groups excluding carboxylic acids is 1. The predicted molar refractivity (Wildman–Crippen MR) is 100.0 cm³/mol. The molecule has 2 aliphatic rings. The van der Waals surface area contributed by atoms with E-state index in [9.17, 15) is 4.79 Å². The van der Waals surface area contributed by atoms with Crippen molar-refractivity contribution in [2.24, 2.45) is 0 Å². The highest BCUT2D eigenvalue weighted by molar-refractivity contribution is 5.95. The summed E-state index contributed by atoms with van der Waals surface area (Å²) < 4.78 is 1.98. The quantitative estimate of drug-likeness (QED) is 0.825. The second kappa shape index (κ2) is 6.81. The molecule has 2 aliphatic heterocycles. The van der Waals surface area contributed by atoms with Crippen molar-refractivity contribution in [2.45, 2.75) is 31.5 Å². The Labute approximate surface area is 154 Å². The Morgan fingerprint density at radius 3 is 2.81 bits per heavy atom. The molecule has 0 spiro atoms. The lowest BCUT2D eigenvalue weighted by Crippen LogP contribution is -2.36. The molecule has 0 radical (unpaired) electrons. The largest absolute Gasteiger partial charge is 0.315 e. The smallest absolute Gasteiger partial charge is 0.227 e. The Hall–Kier alpha value is -2.25. The molecule has 7 nitrogen and oxygen atoms in total. The number of anilines is 1. The van der Waals surface area contributed by atoms with Crippen molar-refractivity contribution in [3.8, 4) is 0 Å². The summed E-state index contributed by atoms with van der Waals surface area (Å²) in [5.41, 5.74) is 3.64. The Bertz CT molecular complexity index is 787. The van der Waals surface area contributed by atoms with E-state index < -0.39 is 0 Å². The fraction of sp³-hybridized carbons (Fsp3) is 0.526. The van der Waals surface area contributed by atoms with E-state index in [2.05, 4.69) is 52.4 Å². The zero-order valence-corrected chi connectivity index (χ0v) is 15.7. The fourth-order valence-electron chi connectivity index (χ4n) is 4.20. The zero-order valence-electron chi connectivity index (χ0n) is 15.7. The first-order valence-electron chi connectivity index (χ1n) is 9.16. The highest BCUT2D eigenvalue weighted by Crippen LogP contribution is 2.30. The molecular weight excluding hydrogens is 328 g/mol. The van der Waals surface area contributed by atoms with Crippen molar-refractivity contribution >= 4 is 11.6 Å². The molecule has 1 aromatic heterocycles. The highest BCUT2D eigenvalue weighted by atomic mass is 16.2. The van der Waals surface area contributed by atoms with Crippen LogP contribution in [-0.2, 0) is 17.8 Å². The maximum Gasteiger partial charge on any atom is 0.227 e. The summed E-state index contributed by atoms with van der Waals surface area (Å²) in [5.74, 6) is 0.203. The molecule has 1 amide bonds. The van der Waals surface area contributed by atoms with Gasteiger partial charge in [0.1, 0.15) is 0 Å². The van der Waals surface area contributed by atoms with Gasteiger partial charge in [-0.25, -0.2) is 4.68 Å². The van der Waals surface area contributed by atoms with Gasteiger partial charge in [-0.15, -0.1) is 5.10 Å². The molecule has 7 heteroatoms. The van der Waals surface area contributed by atoms with Gasteiger partial charge in [0.2, 0.25) is 5.91 Å². The third-order valence-electron chi connectivity index (χ3n) is 5.67. The lowest BCUT2D eigenvalue weighted by atomic mass is 9.99. The highest BCUT2D eigenvalue weighted by Gasteiger charge is 2.36. The zero-order chi connectivity index (χ0) is 18.3. The minimum atomic E-state index is 0.203. The van der Waals surface area contributed by atoms with E-state index in [4.69, 9.17) is 0 Å². The van der Waals surface area contributed by atoms with Crippen LogP contribution >= 0.6 is 0 Å². The molecule has 0 N–H and O–H groups in total. The van der Waals surface area contributed by atoms with E-state index in [-0.39, 0.29) is 5.91 Å². The lowest BCUT2D eigenvalue weighted by Gasteiger charge is -2.26. The van der Waals surface area contributed by atoms with Crippen LogP contribution in [0, 0.1) is 0 Å². The van der Waals surface area contributed by atoms with Gasteiger partial charge in [-0.3, -0.25) is 9.69 Å². The molecule has 4 rings (SSSR count). The van der Waals surface area contributed by atoms with Crippen molar-refractivity contribution in [1.29, 1.82) is 0 Å². The second-order valence-corrected chi connectivity index (χ2v) is 7.59. The van der Waals surface area contributed by atoms with Gasteiger partial charge >= 0.3 is 0 Å². The van der Waals surface area contributed by atoms with Gasteiger partial charge in [-0.05, 0) is 37.7 Å². The van der Waals surface area contributed by atoms with E-state index in [1.807, 2.05) is 17.9 Å². The molecule has 1 saturated heterocycles. The molecule has 1 aromatic carbocycles. The number of aromatic nitrogens is 3. The van der Waals surface area contributed by atoms with E-state index in [1.54, 1.807) is 11.1 Å². The minimum Gasteiger partial charge on any atom is -0.315 e. The first-order chi connectivity index (χ1) is 12.5. The minimum absolute atomic E-state index is 0.203. The van der Waals surface area contributed by atoms with Gasteiger partial charge in [0.05, 0.1) is 12.2 Å². The van der Waals surface area contributed by atoms with Gasteiger partial charge in [0, 0.05) is 51.0 Å². The van der Waals surface area contributed by atoms with Crippen molar-refractivity contribution < 1.29 is 4.79 Å². The van der Waals surface area contributed by atoms with Crippen LogP contribution in [0.1, 0.15) is 23.6 Å². The average Bonchev–Trinajstić information content (AvgIpc) is 3.27. The number of benzene rings is 1. The van der Waals surface area contributed by atoms with Crippen LogP contribution in [0.2, 0.25) is 0 Å². The topological polar surface area (TPSA) is 57.5 Å². The molecule has 3 heterocycles. The van der Waals surface area contributed by atoms with Gasteiger partial charge in [-0.1, -0.05) is 17.3 Å². The first-order valence-corrected chi connectivity index (χ1v) is 9.16. The number of aryl methyl sites for hydroxylation is 1. The number of hydrogen-bond acceptors (Lipinski definition) is 5. The van der Waals surface area contributed by atoms with Crippen LogP contribution in [0.15, 0.2) is 30.6 Å². The number of likely N-dealkylation sites (tertiary alicyclic amines) is 1. The summed E-state index contributed by atoms with van der Waals surface area (Å²) in [4.78, 5) is 18.4. The number of fused-ring (bicyclic) bond motifs is 1. The number of amides is 1. The monoisotopic (exact) mass is 354 g/mol. The summed E-state index contributed by atoms with van der Waals surface area (Å²) in [6, 6.07) is 7.25. The summed E-state index contributed by atoms with van der Waals surface area (Å²) in [6.45, 7) is 2.88. The summed E-state index contributed by atoms with van der Waals surface area (Å²) in [7, 11) is 6.12. The molecule has 0 saturated carbocycles. The van der Waals surface area contributed by atoms with E-state index in [0.29, 0.717) is 18.5 Å². The summed E-state index contributed by atoms with van der Waals surface area (Å²) in [6.07, 6.45) is 5.15. The fourth-order valence-corrected chi connectivity index (χ4v) is 4.20. The van der Waals surface area contributed by atoms with Gasteiger partial charge < -0.3 is 9.80 Å². The number of nitrogens with zero attached hydrogens (tertiary/aromatic N) is 6. The lowest BCUT2D eigenvalue weighted by molar-refractivity contribution is -0.118. The summed E-state index contributed by atoms with van der Waals surface area (Å²) >= 11 is 0. The molecular formula is C19H26N6O. The Morgan fingerprint density at radius 2 is 2.08 bits per heavy atom. The van der Waals surface area contributed by atoms with Crippen molar-refractivity contribution in [3.05, 3.63) is 41.7 Å². The molecule has 0 aliphatic carbocycles. The van der Waals surface area contributed by atoms with Crippen molar-refractivity contribution in [1.82, 2.24) is 24.8 Å². The predicted octanol–water partition coefficient (Wildman–Crippen LogP) is 1.17. The SMILES string of the molecule is CN1C(=O)CCc2cc(CN3C[C@@H](N(C)C)[C@@H](n4ccnn4)C3)ccc21. The maximum atomic E-state index is 11.9. The number of carbonyl (C=O) groups is 1. The summed E-state index contributed by atoms with van der Waals surface area (Å²) in [5, 5.41) is 8.20. The van der Waals surface area contributed by atoms with Gasteiger partial charge in [0.15, 0.2) is 0 Å². The van der Waals surface area contributed by atoms with Crippen molar-refractivity contribution in [2.75, 3.05) is 39.1 Å². The normalized spacial score (nSPS) is 23.7. The number of rotatable bonds is 4. The van der Waals surface area contributed by atoms with Crippen molar-refractivity contribution in [3.63, 3.8) is 0 Å². The van der Waals surface area contributed by atoms with Gasteiger partial charge in [-0.2, -0.15) is 0 Å². The van der Waals surface area contributed by atoms with E-state index >= 15 is 0 Å². The van der Waals surface area contributed by atoms with Crippen LogP contribution in [0.3, 0.4) is 0 Å². The molecule has 0 bridgehead atoms. The molecule has 26 heavy (non-hydrogen) atoms. The molecule has 138 valence electrons. The Morgan fingerprint density at radius 1 is 1.23 bits per heavy atom. The average molecular weight is 354 g/mol. The molecule has 0 unspecified atom stereocenters. The third kappa shape index (κ3) is 3.12. The molecule has 2 aromatic rings. The second-order valence-electron chi connectivity index (χ2n) is 7.59. The van der Waals surface area contributed by atoms with Crippen LogP contribution in [0.5, 0.6) is 0 Å². The third-order valence-corrected chi connectivity index (χ3v) is 5.67. The van der Waals surface area contributed by atoms with Crippen LogP contribution < -0.4 is 4.90 Å².